The second-order valence-electron chi connectivity index (χ2n) is 3.96. The van der Waals surface area contributed by atoms with Crippen molar-refractivity contribution in [3.63, 3.8) is 0 Å². The average molecular weight is 243 g/mol. The Hall–Kier alpha value is -2.70. The van der Waals surface area contributed by atoms with Gasteiger partial charge in [-0.1, -0.05) is 0 Å². The van der Waals surface area contributed by atoms with Gasteiger partial charge in [0.2, 0.25) is 0 Å². The van der Waals surface area contributed by atoms with E-state index in [1.54, 1.807) is 29.8 Å². The fourth-order valence-corrected chi connectivity index (χ4v) is 1.91. The van der Waals surface area contributed by atoms with E-state index in [4.69, 9.17) is 5.73 Å². The fourth-order valence-electron chi connectivity index (χ4n) is 1.91. The van der Waals surface area contributed by atoms with Crippen molar-refractivity contribution in [1.29, 1.82) is 0 Å². The van der Waals surface area contributed by atoms with E-state index in [9.17, 15) is 9.59 Å². The summed E-state index contributed by atoms with van der Waals surface area (Å²) in [5, 5.41) is 0. The fraction of sp³-hybridized carbons (Fsp3) is 0.0909. The third-order valence-electron chi connectivity index (χ3n) is 2.77. The smallest absolute Gasteiger partial charge is 0.349 e. The first kappa shape index (κ1) is 10.5. The standard InChI is InChI=1S/C11H9N5O2/c1-16-7-4-5(12)2-3-6(7)13-8-9(16)14-11(18)15-10(8)17/h2-4H,12H2,1H3,(H,15,17,18). The Morgan fingerprint density at radius 3 is 2.83 bits per heavy atom. The van der Waals surface area contributed by atoms with E-state index >= 15 is 0 Å². The Kier molecular flexibility index (Phi) is 1.97. The van der Waals surface area contributed by atoms with Crippen LogP contribution >= 0.6 is 0 Å². The van der Waals surface area contributed by atoms with E-state index in [2.05, 4.69) is 15.0 Å². The van der Waals surface area contributed by atoms with Crippen LogP contribution in [0.5, 0.6) is 0 Å². The minimum atomic E-state index is -0.687. The average Bonchev–Trinajstić information content (AvgIpc) is 2.32. The summed E-state index contributed by atoms with van der Waals surface area (Å²) < 4.78 is 1.63. The Labute approximate surface area is 100 Å². The number of anilines is 1. The molecule has 0 fully saturated rings. The number of hydrogen-bond donors (Lipinski definition) is 2. The quantitative estimate of drug-likeness (QED) is 0.416. The molecule has 0 saturated heterocycles. The van der Waals surface area contributed by atoms with E-state index in [-0.39, 0.29) is 11.5 Å². The van der Waals surface area contributed by atoms with Gasteiger partial charge in [0, 0.05) is 12.7 Å². The van der Waals surface area contributed by atoms with Gasteiger partial charge in [0.1, 0.15) is 0 Å². The van der Waals surface area contributed by atoms with Crippen LogP contribution in [-0.4, -0.2) is 19.5 Å². The van der Waals surface area contributed by atoms with Crippen molar-refractivity contribution < 1.29 is 0 Å². The number of aromatic nitrogens is 4. The molecule has 0 atom stereocenters. The molecule has 2 heterocycles. The molecule has 3 N–H and O–H groups in total. The zero-order chi connectivity index (χ0) is 12.9. The number of nitrogens with one attached hydrogen (secondary N) is 1. The summed E-state index contributed by atoms with van der Waals surface area (Å²) in [5.41, 5.74) is 6.51. The van der Waals surface area contributed by atoms with Gasteiger partial charge < -0.3 is 10.3 Å². The monoisotopic (exact) mass is 243 g/mol. The van der Waals surface area contributed by atoms with Gasteiger partial charge in [-0.05, 0) is 18.2 Å². The Morgan fingerprint density at radius 2 is 2.06 bits per heavy atom. The molecule has 0 saturated carbocycles. The number of H-pyrrole nitrogens is 1. The normalized spacial score (nSPS) is 11.2. The lowest BCUT2D eigenvalue weighted by Gasteiger charge is -2.12. The summed E-state index contributed by atoms with van der Waals surface area (Å²) in [4.78, 5) is 33.0. The largest absolute Gasteiger partial charge is 0.399 e. The summed E-state index contributed by atoms with van der Waals surface area (Å²) >= 11 is 0. The first-order chi connectivity index (χ1) is 8.56. The molecule has 1 aromatic rings. The number of aromatic amines is 1. The molecule has 1 aromatic carbocycles. The highest BCUT2D eigenvalue weighted by Gasteiger charge is 2.16. The Bertz CT molecular complexity index is 848. The number of benzene rings is 1. The van der Waals surface area contributed by atoms with Gasteiger partial charge >= 0.3 is 5.69 Å². The van der Waals surface area contributed by atoms with Crippen molar-refractivity contribution in [3.05, 3.63) is 39.0 Å². The molecule has 18 heavy (non-hydrogen) atoms. The summed E-state index contributed by atoms with van der Waals surface area (Å²) in [6.07, 6.45) is 0. The molecular weight excluding hydrogens is 234 g/mol. The summed E-state index contributed by atoms with van der Waals surface area (Å²) in [6, 6.07) is 5.13. The second kappa shape index (κ2) is 3.39. The molecule has 3 rings (SSSR count). The number of hydrogen-bond acceptors (Lipinski definition) is 5. The molecule has 0 aromatic heterocycles. The third kappa shape index (κ3) is 1.37. The van der Waals surface area contributed by atoms with Crippen LogP contribution in [0.3, 0.4) is 0 Å². The number of aryl methyl sites for hydroxylation is 1. The van der Waals surface area contributed by atoms with Crippen LogP contribution < -0.4 is 17.0 Å². The number of nitrogen functional groups attached to an aromatic ring is 1. The predicted molar refractivity (Wildman–Crippen MR) is 66.4 cm³/mol. The van der Waals surface area contributed by atoms with E-state index in [1.807, 2.05) is 0 Å². The van der Waals surface area contributed by atoms with Crippen LogP contribution in [-0.2, 0) is 7.05 Å². The summed E-state index contributed by atoms with van der Waals surface area (Å²) in [5.74, 6) is 0.238. The van der Waals surface area contributed by atoms with Crippen molar-refractivity contribution >= 4 is 16.7 Å². The van der Waals surface area contributed by atoms with Crippen molar-refractivity contribution in [2.75, 3.05) is 5.73 Å². The highest BCUT2D eigenvalue weighted by Crippen LogP contribution is 2.20. The SMILES string of the molecule is Cn1c2nc(=O)[nH]c(=O)c-2nc2ccc(N)cc21. The molecule has 2 aliphatic rings. The molecule has 0 unspecified atom stereocenters. The topological polar surface area (TPSA) is 107 Å². The zero-order valence-corrected chi connectivity index (χ0v) is 9.47. The van der Waals surface area contributed by atoms with Crippen molar-refractivity contribution in [3.8, 4) is 11.5 Å². The van der Waals surface area contributed by atoms with Crippen LogP contribution in [0.25, 0.3) is 22.6 Å². The summed E-state index contributed by atoms with van der Waals surface area (Å²) in [6.45, 7) is 0. The predicted octanol–water partition coefficient (Wildman–Crippen LogP) is -0.296. The Balaban J connectivity index is 2.61. The van der Waals surface area contributed by atoms with Gasteiger partial charge in [-0.2, -0.15) is 4.98 Å². The lowest BCUT2D eigenvalue weighted by atomic mass is 10.2. The first-order valence-electron chi connectivity index (χ1n) is 5.22. The van der Waals surface area contributed by atoms with E-state index in [0.29, 0.717) is 16.7 Å². The van der Waals surface area contributed by atoms with Gasteiger partial charge in [0.05, 0.1) is 11.0 Å². The van der Waals surface area contributed by atoms with Crippen LogP contribution in [0.1, 0.15) is 0 Å². The molecule has 7 nitrogen and oxygen atoms in total. The van der Waals surface area contributed by atoms with Crippen molar-refractivity contribution in [2.24, 2.45) is 7.05 Å². The molecule has 0 radical (unpaired) electrons. The molecule has 2 aliphatic heterocycles. The summed E-state index contributed by atoms with van der Waals surface area (Å²) in [7, 11) is 1.71. The van der Waals surface area contributed by atoms with Gasteiger partial charge in [-0.3, -0.25) is 9.78 Å². The lowest BCUT2D eigenvalue weighted by Crippen LogP contribution is -2.28. The van der Waals surface area contributed by atoms with Gasteiger partial charge in [0.25, 0.3) is 5.56 Å². The highest BCUT2D eigenvalue weighted by atomic mass is 16.2. The van der Waals surface area contributed by atoms with Crippen LogP contribution in [0, 0.1) is 0 Å². The third-order valence-corrected chi connectivity index (χ3v) is 2.77. The molecule has 7 heteroatoms. The minimum Gasteiger partial charge on any atom is -0.399 e. The van der Waals surface area contributed by atoms with E-state index in [1.165, 1.54) is 0 Å². The van der Waals surface area contributed by atoms with Crippen molar-refractivity contribution in [2.45, 2.75) is 0 Å². The second-order valence-corrected chi connectivity index (χ2v) is 3.96. The maximum atomic E-state index is 11.7. The maximum Gasteiger partial charge on any atom is 0.349 e. The van der Waals surface area contributed by atoms with Crippen LogP contribution in [0.2, 0.25) is 0 Å². The van der Waals surface area contributed by atoms with E-state index < -0.39 is 11.2 Å². The molecule has 90 valence electrons. The highest BCUT2D eigenvalue weighted by molar-refractivity contribution is 5.82. The number of nitrogens with two attached hydrogens (primary N) is 1. The number of rotatable bonds is 0. The lowest BCUT2D eigenvalue weighted by molar-refractivity contribution is 0.871. The minimum absolute atomic E-state index is 0.134. The van der Waals surface area contributed by atoms with Crippen LogP contribution in [0.4, 0.5) is 5.69 Å². The first-order valence-corrected chi connectivity index (χ1v) is 5.22. The molecule has 0 spiro atoms. The number of fused-ring (bicyclic) bond motifs is 2. The molecule has 0 amide bonds. The van der Waals surface area contributed by atoms with E-state index in [0.717, 1.165) is 0 Å². The van der Waals surface area contributed by atoms with Gasteiger partial charge in [-0.15, -0.1) is 0 Å². The van der Waals surface area contributed by atoms with Crippen molar-refractivity contribution in [1.82, 2.24) is 19.5 Å². The molecular formula is C11H9N5O2. The molecule has 0 aliphatic carbocycles. The maximum absolute atomic E-state index is 11.7. The Morgan fingerprint density at radius 1 is 1.28 bits per heavy atom. The molecule has 0 bridgehead atoms. The number of nitrogens with zero attached hydrogens (tertiary/aromatic N) is 3. The van der Waals surface area contributed by atoms with Gasteiger partial charge in [0.15, 0.2) is 11.5 Å². The zero-order valence-electron chi connectivity index (χ0n) is 9.47. The van der Waals surface area contributed by atoms with Gasteiger partial charge in [-0.25, -0.2) is 9.78 Å². The van der Waals surface area contributed by atoms with Crippen LogP contribution in [0.15, 0.2) is 27.8 Å².